The number of carbonyl (C=O) groups is 1. The molecule has 4 nitrogen and oxygen atoms in total. The molecule has 0 aromatic heterocycles. The summed E-state index contributed by atoms with van der Waals surface area (Å²) in [6, 6.07) is 2.23. The predicted molar refractivity (Wildman–Crippen MR) is 68.8 cm³/mol. The Morgan fingerprint density at radius 1 is 1.65 bits per heavy atom. The molecular formula is C12H20N2O2S. The van der Waals surface area contributed by atoms with Crippen LogP contribution in [0.5, 0.6) is 0 Å². The molecule has 96 valence electrons. The molecule has 0 aromatic rings. The molecule has 5 heteroatoms. The van der Waals surface area contributed by atoms with E-state index in [0.717, 1.165) is 12.2 Å². The summed E-state index contributed by atoms with van der Waals surface area (Å²) in [7, 11) is 0. The number of thioether (sulfide) groups is 1. The molecule has 0 unspecified atom stereocenters. The average Bonchev–Trinajstić information content (AvgIpc) is 2.73. The van der Waals surface area contributed by atoms with Crippen LogP contribution in [0, 0.1) is 11.3 Å². The predicted octanol–water partition coefficient (Wildman–Crippen LogP) is 1.71. The molecule has 0 aromatic carbocycles. The van der Waals surface area contributed by atoms with Crippen LogP contribution in [0.25, 0.3) is 0 Å². The van der Waals surface area contributed by atoms with Gasteiger partial charge in [0.2, 0.25) is 5.91 Å². The van der Waals surface area contributed by atoms with Crippen LogP contribution in [0.4, 0.5) is 0 Å². The number of nitrogens with one attached hydrogen (secondary N) is 1. The standard InChI is InChI=1S/C12H20N2O2S/c1-10(2)16-6-3-4-11(15)14-12(8-13)5-7-17-9-12/h10H,3-7,9H2,1-2H3,(H,14,15)/t12-/m0/s1. The number of rotatable bonds is 6. The highest BCUT2D eigenvalue weighted by atomic mass is 32.2. The molecule has 1 fully saturated rings. The summed E-state index contributed by atoms with van der Waals surface area (Å²) < 4.78 is 5.36. The van der Waals surface area contributed by atoms with E-state index in [1.54, 1.807) is 11.8 Å². The van der Waals surface area contributed by atoms with Gasteiger partial charge in [0.25, 0.3) is 0 Å². The second-order valence-corrected chi connectivity index (χ2v) is 5.67. The largest absolute Gasteiger partial charge is 0.379 e. The normalized spacial score (nSPS) is 23.6. The summed E-state index contributed by atoms with van der Waals surface area (Å²) in [5.74, 6) is 1.61. The van der Waals surface area contributed by atoms with Gasteiger partial charge in [0.15, 0.2) is 0 Å². The minimum absolute atomic E-state index is 0.0404. The summed E-state index contributed by atoms with van der Waals surface area (Å²) in [5.41, 5.74) is -0.624. The van der Waals surface area contributed by atoms with E-state index in [1.807, 2.05) is 13.8 Å². The van der Waals surface area contributed by atoms with E-state index in [1.165, 1.54) is 0 Å². The van der Waals surface area contributed by atoms with E-state index >= 15 is 0 Å². The summed E-state index contributed by atoms with van der Waals surface area (Å²) in [5, 5.41) is 12.0. The van der Waals surface area contributed by atoms with Gasteiger partial charge in [0.1, 0.15) is 5.54 Å². The van der Waals surface area contributed by atoms with Gasteiger partial charge in [-0.2, -0.15) is 17.0 Å². The van der Waals surface area contributed by atoms with Crippen LogP contribution < -0.4 is 5.32 Å². The van der Waals surface area contributed by atoms with Gasteiger partial charge in [0, 0.05) is 18.8 Å². The van der Waals surface area contributed by atoms with Crippen molar-refractivity contribution in [2.45, 2.75) is 44.8 Å². The summed E-state index contributed by atoms with van der Waals surface area (Å²) in [4.78, 5) is 11.7. The molecule has 0 saturated carbocycles. The average molecular weight is 256 g/mol. The number of carbonyl (C=O) groups excluding carboxylic acids is 1. The fraction of sp³-hybridized carbons (Fsp3) is 0.833. The molecule has 1 aliphatic rings. The number of nitrogens with zero attached hydrogens (tertiary/aromatic N) is 1. The van der Waals surface area contributed by atoms with Crippen molar-refractivity contribution in [2.75, 3.05) is 18.1 Å². The van der Waals surface area contributed by atoms with Gasteiger partial charge in [-0.05, 0) is 32.4 Å². The molecule has 0 radical (unpaired) electrons. The summed E-state index contributed by atoms with van der Waals surface area (Å²) in [6.07, 6.45) is 2.09. The summed E-state index contributed by atoms with van der Waals surface area (Å²) in [6.45, 7) is 4.54. The highest BCUT2D eigenvalue weighted by Crippen LogP contribution is 2.27. The SMILES string of the molecule is CC(C)OCCCC(=O)N[C@]1(C#N)CCSC1. The Hall–Kier alpha value is -0.730. The van der Waals surface area contributed by atoms with Crippen molar-refractivity contribution in [2.24, 2.45) is 0 Å². The zero-order valence-electron chi connectivity index (χ0n) is 10.5. The maximum Gasteiger partial charge on any atom is 0.221 e. The second-order valence-electron chi connectivity index (χ2n) is 4.57. The molecule has 0 bridgehead atoms. The Kier molecular flexibility index (Phi) is 5.79. The second kappa shape index (κ2) is 6.87. The van der Waals surface area contributed by atoms with E-state index in [9.17, 15) is 4.79 Å². The molecule has 1 saturated heterocycles. The molecule has 1 N–H and O–H groups in total. The molecule has 17 heavy (non-hydrogen) atoms. The van der Waals surface area contributed by atoms with E-state index in [-0.39, 0.29) is 12.0 Å². The van der Waals surface area contributed by atoms with Crippen LogP contribution in [0.3, 0.4) is 0 Å². The van der Waals surface area contributed by atoms with Crippen LogP contribution in [0.1, 0.15) is 33.1 Å². The van der Waals surface area contributed by atoms with E-state index in [4.69, 9.17) is 10.00 Å². The van der Waals surface area contributed by atoms with Crippen LogP contribution >= 0.6 is 11.8 Å². The minimum Gasteiger partial charge on any atom is -0.379 e. The van der Waals surface area contributed by atoms with Gasteiger partial charge in [-0.15, -0.1) is 0 Å². The van der Waals surface area contributed by atoms with Gasteiger partial charge in [-0.1, -0.05) is 0 Å². The van der Waals surface area contributed by atoms with Crippen LogP contribution in [-0.2, 0) is 9.53 Å². The minimum atomic E-state index is -0.624. The van der Waals surface area contributed by atoms with Crippen molar-refractivity contribution in [3.8, 4) is 6.07 Å². The number of nitriles is 1. The lowest BCUT2D eigenvalue weighted by atomic mass is 10.0. The lowest BCUT2D eigenvalue weighted by molar-refractivity contribution is -0.122. The summed E-state index contributed by atoms with van der Waals surface area (Å²) >= 11 is 1.72. The molecule has 1 rings (SSSR count). The van der Waals surface area contributed by atoms with Crippen LogP contribution in [0.15, 0.2) is 0 Å². The molecule has 1 amide bonds. The first-order valence-electron chi connectivity index (χ1n) is 5.99. The molecule has 1 heterocycles. The van der Waals surface area contributed by atoms with Gasteiger partial charge in [0.05, 0.1) is 12.2 Å². The van der Waals surface area contributed by atoms with Crippen molar-refractivity contribution >= 4 is 17.7 Å². The van der Waals surface area contributed by atoms with E-state index in [0.29, 0.717) is 25.2 Å². The third-order valence-corrected chi connectivity index (χ3v) is 3.80. The zero-order valence-corrected chi connectivity index (χ0v) is 11.3. The van der Waals surface area contributed by atoms with Crippen molar-refractivity contribution in [3.05, 3.63) is 0 Å². The fourth-order valence-electron chi connectivity index (χ4n) is 1.66. The Morgan fingerprint density at radius 2 is 2.41 bits per heavy atom. The third-order valence-electron chi connectivity index (χ3n) is 2.61. The smallest absolute Gasteiger partial charge is 0.221 e. The van der Waals surface area contributed by atoms with Crippen molar-refractivity contribution in [3.63, 3.8) is 0 Å². The Bertz CT molecular complexity index is 293. The lowest BCUT2D eigenvalue weighted by Crippen LogP contribution is -2.47. The van der Waals surface area contributed by atoms with Crippen molar-refractivity contribution in [1.29, 1.82) is 5.26 Å². The van der Waals surface area contributed by atoms with Crippen molar-refractivity contribution in [1.82, 2.24) is 5.32 Å². The van der Waals surface area contributed by atoms with Crippen molar-refractivity contribution < 1.29 is 9.53 Å². The molecular weight excluding hydrogens is 236 g/mol. The topological polar surface area (TPSA) is 62.1 Å². The number of hydrogen-bond donors (Lipinski definition) is 1. The first-order valence-corrected chi connectivity index (χ1v) is 7.15. The van der Waals surface area contributed by atoms with Gasteiger partial charge in [-0.25, -0.2) is 0 Å². The third kappa shape index (κ3) is 4.97. The Balaban J connectivity index is 2.22. The number of hydrogen-bond acceptors (Lipinski definition) is 4. The zero-order chi connectivity index (χ0) is 12.7. The molecule has 0 spiro atoms. The van der Waals surface area contributed by atoms with E-state index in [2.05, 4.69) is 11.4 Å². The van der Waals surface area contributed by atoms with Crippen LogP contribution in [0.2, 0.25) is 0 Å². The van der Waals surface area contributed by atoms with E-state index < -0.39 is 5.54 Å². The lowest BCUT2D eigenvalue weighted by Gasteiger charge is -2.21. The van der Waals surface area contributed by atoms with Gasteiger partial charge < -0.3 is 10.1 Å². The quantitative estimate of drug-likeness (QED) is 0.735. The first-order chi connectivity index (χ1) is 8.08. The van der Waals surface area contributed by atoms with Gasteiger partial charge in [-0.3, -0.25) is 4.79 Å². The molecule has 1 atom stereocenters. The van der Waals surface area contributed by atoms with Gasteiger partial charge >= 0.3 is 0 Å². The molecule has 1 aliphatic heterocycles. The fourth-order valence-corrected chi connectivity index (χ4v) is 2.93. The monoisotopic (exact) mass is 256 g/mol. The molecule has 0 aliphatic carbocycles. The number of ether oxygens (including phenoxy) is 1. The van der Waals surface area contributed by atoms with Crippen LogP contribution in [-0.4, -0.2) is 35.7 Å². The Labute approximate surface area is 107 Å². The highest BCUT2D eigenvalue weighted by Gasteiger charge is 2.35. The maximum atomic E-state index is 11.7. The number of amides is 1. The highest BCUT2D eigenvalue weighted by molar-refractivity contribution is 7.99. The Morgan fingerprint density at radius 3 is 2.94 bits per heavy atom. The maximum absolute atomic E-state index is 11.7. The first kappa shape index (κ1) is 14.3.